The van der Waals surface area contributed by atoms with E-state index >= 15 is 0 Å². The fraction of sp³-hybridized carbons (Fsp3) is 0.886. The molecule has 10 heteroatoms. The van der Waals surface area contributed by atoms with Gasteiger partial charge >= 0.3 is 19.8 Å². The zero-order valence-corrected chi connectivity index (χ0v) is 29.8. The Kier molecular flexibility index (Phi) is 31.8. The number of unbranched alkanes of at least 4 members (excludes halogenated alkanes) is 19. The summed E-state index contributed by atoms with van der Waals surface area (Å²) >= 11 is 0. The zero-order valence-electron chi connectivity index (χ0n) is 28.9. The third-order valence-electron chi connectivity index (χ3n) is 7.65. The number of nitrogens with two attached hydrogens (primary N) is 1. The highest BCUT2D eigenvalue weighted by Gasteiger charge is 2.25. The van der Waals surface area contributed by atoms with Gasteiger partial charge in [0.05, 0.1) is 13.2 Å². The molecule has 266 valence electrons. The van der Waals surface area contributed by atoms with E-state index in [1.807, 2.05) is 0 Å². The second kappa shape index (κ2) is 32.7. The quantitative estimate of drug-likeness (QED) is 0.0299. The molecule has 0 aliphatic heterocycles. The molecular formula is C35H68NO8P. The minimum absolute atomic E-state index is 0.0547. The van der Waals surface area contributed by atoms with Crippen molar-refractivity contribution in [3.63, 3.8) is 0 Å². The monoisotopic (exact) mass is 661 g/mol. The van der Waals surface area contributed by atoms with E-state index in [0.717, 1.165) is 51.4 Å². The van der Waals surface area contributed by atoms with Gasteiger partial charge in [0.1, 0.15) is 6.61 Å². The summed E-state index contributed by atoms with van der Waals surface area (Å²) in [6.45, 7) is 3.69. The van der Waals surface area contributed by atoms with Crippen LogP contribution < -0.4 is 5.73 Å². The minimum atomic E-state index is -4.36. The molecule has 2 atom stereocenters. The lowest BCUT2D eigenvalue weighted by molar-refractivity contribution is -0.161. The van der Waals surface area contributed by atoms with Crippen LogP contribution in [0.2, 0.25) is 0 Å². The third kappa shape index (κ3) is 32.5. The summed E-state index contributed by atoms with van der Waals surface area (Å²) in [5.74, 6) is -0.837. The number of carbonyl (C=O) groups is 2. The largest absolute Gasteiger partial charge is 0.472 e. The van der Waals surface area contributed by atoms with E-state index < -0.39 is 26.5 Å². The predicted octanol–water partition coefficient (Wildman–Crippen LogP) is 9.49. The van der Waals surface area contributed by atoms with E-state index in [1.165, 1.54) is 83.5 Å². The van der Waals surface area contributed by atoms with Crippen LogP contribution in [-0.4, -0.2) is 49.3 Å². The number of hydrogen-bond donors (Lipinski definition) is 2. The van der Waals surface area contributed by atoms with Crippen LogP contribution in [0.25, 0.3) is 0 Å². The summed E-state index contributed by atoms with van der Waals surface area (Å²) in [5, 5.41) is 0. The van der Waals surface area contributed by atoms with Crippen LogP contribution in [0.5, 0.6) is 0 Å². The average Bonchev–Trinajstić information content (AvgIpc) is 3.02. The number of carbonyl (C=O) groups excluding carboxylic acids is 2. The molecule has 0 rings (SSSR count). The van der Waals surface area contributed by atoms with Gasteiger partial charge in [-0.15, -0.1) is 0 Å². The van der Waals surface area contributed by atoms with Gasteiger partial charge < -0.3 is 20.1 Å². The second-order valence-electron chi connectivity index (χ2n) is 12.1. The molecular weight excluding hydrogens is 593 g/mol. The summed E-state index contributed by atoms with van der Waals surface area (Å²) < 4.78 is 32.6. The molecule has 0 saturated heterocycles. The van der Waals surface area contributed by atoms with Crippen molar-refractivity contribution in [1.82, 2.24) is 0 Å². The number of esters is 2. The van der Waals surface area contributed by atoms with E-state index in [-0.39, 0.29) is 38.6 Å². The van der Waals surface area contributed by atoms with Gasteiger partial charge in [-0.2, -0.15) is 0 Å². The standard InChI is InChI=1S/C35H68NO8P/c1-3-5-7-9-11-13-15-16-18-19-21-23-25-27-34(37)41-31-33(32-43-45(39,40)42-30-29-36)44-35(38)28-26-24-22-20-17-14-12-10-8-6-4-2/h13,15,33H,3-12,14,16-32,36H2,1-2H3,(H,39,40)/b15-13-. The van der Waals surface area contributed by atoms with Crippen molar-refractivity contribution >= 4 is 19.8 Å². The highest BCUT2D eigenvalue weighted by Crippen LogP contribution is 2.43. The van der Waals surface area contributed by atoms with Crippen LogP contribution in [0.15, 0.2) is 12.2 Å². The molecule has 0 aromatic carbocycles. The fourth-order valence-electron chi connectivity index (χ4n) is 4.92. The predicted molar refractivity (Wildman–Crippen MR) is 183 cm³/mol. The summed E-state index contributed by atoms with van der Waals surface area (Å²) in [5.41, 5.74) is 5.32. The minimum Gasteiger partial charge on any atom is -0.462 e. The summed E-state index contributed by atoms with van der Waals surface area (Å²) in [6, 6.07) is 0. The zero-order chi connectivity index (χ0) is 33.3. The van der Waals surface area contributed by atoms with Gasteiger partial charge in [-0.25, -0.2) is 4.57 Å². The van der Waals surface area contributed by atoms with E-state index in [9.17, 15) is 19.0 Å². The van der Waals surface area contributed by atoms with Crippen molar-refractivity contribution in [1.29, 1.82) is 0 Å². The van der Waals surface area contributed by atoms with Crippen molar-refractivity contribution in [2.45, 2.75) is 174 Å². The Morgan fingerprint density at radius 3 is 1.60 bits per heavy atom. The average molecular weight is 662 g/mol. The number of allylic oxidation sites excluding steroid dienone is 2. The maximum atomic E-state index is 12.5. The van der Waals surface area contributed by atoms with Crippen LogP contribution in [0, 0.1) is 0 Å². The van der Waals surface area contributed by atoms with Gasteiger partial charge in [0.15, 0.2) is 6.10 Å². The van der Waals surface area contributed by atoms with Crippen molar-refractivity contribution in [2.24, 2.45) is 5.73 Å². The maximum absolute atomic E-state index is 12.5. The Bertz CT molecular complexity index is 764. The lowest BCUT2D eigenvalue weighted by atomic mass is 10.1. The van der Waals surface area contributed by atoms with Gasteiger partial charge in [0, 0.05) is 19.4 Å². The second-order valence-corrected chi connectivity index (χ2v) is 13.5. The molecule has 0 fully saturated rings. The fourth-order valence-corrected chi connectivity index (χ4v) is 5.69. The Morgan fingerprint density at radius 2 is 1.09 bits per heavy atom. The van der Waals surface area contributed by atoms with E-state index in [4.69, 9.17) is 24.3 Å². The van der Waals surface area contributed by atoms with Gasteiger partial charge in [-0.1, -0.05) is 129 Å². The van der Waals surface area contributed by atoms with Gasteiger partial charge in [-0.05, 0) is 38.5 Å². The smallest absolute Gasteiger partial charge is 0.462 e. The molecule has 0 aromatic heterocycles. The van der Waals surface area contributed by atoms with E-state index in [1.54, 1.807) is 0 Å². The molecule has 0 bridgehead atoms. The first-order valence-electron chi connectivity index (χ1n) is 18.2. The highest BCUT2D eigenvalue weighted by atomic mass is 31.2. The molecule has 0 heterocycles. The number of hydrogen-bond acceptors (Lipinski definition) is 8. The molecule has 0 aliphatic carbocycles. The summed E-state index contributed by atoms with van der Waals surface area (Å²) in [6.07, 6.45) is 29.5. The van der Waals surface area contributed by atoms with Gasteiger partial charge in [-0.3, -0.25) is 18.6 Å². The Labute approximate surface area is 275 Å². The van der Waals surface area contributed by atoms with Crippen molar-refractivity contribution in [2.75, 3.05) is 26.4 Å². The third-order valence-corrected chi connectivity index (χ3v) is 8.64. The molecule has 0 aromatic rings. The number of phosphoric ester groups is 1. The highest BCUT2D eigenvalue weighted by molar-refractivity contribution is 7.47. The van der Waals surface area contributed by atoms with E-state index in [0.29, 0.717) is 6.42 Å². The molecule has 0 aliphatic rings. The Morgan fingerprint density at radius 1 is 0.644 bits per heavy atom. The first-order valence-corrected chi connectivity index (χ1v) is 19.7. The maximum Gasteiger partial charge on any atom is 0.472 e. The summed E-state index contributed by atoms with van der Waals surface area (Å²) in [4.78, 5) is 34.6. The van der Waals surface area contributed by atoms with Crippen molar-refractivity contribution in [3.05, 3.63) is 12.2 Å². The molecule has 2 unspecified atom stereocenters. The van der Waals surface area contributed by atoms with Crippen LogP contribution in [0.3, 0.4) is 0 Å². The summed E-state index contributed by atoms with van der Waals surface area (Å²) in [7, 11) is -4.36. The normalized spacial score (nSPS) is 13.6. The molecule has 0 saturated carbocycles. The van der Waals surface area contributed by atoms with E-state index in [2.05, 4.69) is 26.0 Å². The lowest BCUT2D eigenvalue weighted by Crippen LogP contribution is -2.29. The number of phosphoric acid groups is 1. The first-order chi connectivity index (χ1) is 21.8. The van der Waals surface area contributed by atoms with Crippen LogP contribution in [0.1, 0.15) is 168 Å². The number of ether oxygens (including phenoxy) is 2. The molecule has 9 nitrogen and oxygen atoms in total. The molecule has 0 radical (unpaired) electrons. The van der Waals surface area contributed by atoms with Crippen molar-refractivity contribution in [3.8, 4) is 0 Å². The topological polar surface area (TPSA) is 134 Å². The molecule has 3 N–H and O–H groups in total. The van der Waals surface area contributed by atoms with Gasteiger partial charge in [0.2, 0.25) is 0 Å². The van der Waals surface area contributed by atoms with Crippen LogP contribution in [-0.2, 0) is 32.7 Å². The molecule has 0 amide bonds. The number of rotatable bonds is 34. The molecule has 0 spiro atoms. The molecule has 45 heavy (non-hydrogen) atoms. The first kappa shape index (κ1) is 43.8. The Hall–Kier alpha value is -1.25. The van der Waals surface area contributed by atoms with Crippen molar-refractivity contribution < 1.29 is 37.6 Å². The van der Waals surface area contributed by atoms with Crippen LogP contribution >= 0.6 is 7.82 Å². The Balaban J connectivity index is 4.25. The SMILES string of the molecule is CCCCCC/C=C\CCCCCCCC(=O)OCC(COP(=O)(O)OCCN)OC(=O)CCCCCCCCCCCCC. The van der Waals surface area contributed by atoms with Gasteiger partial charge in [0.25, 0.3) is 0 Å². The van der Waals surface area contributed by atoms with Crippen LogP contribution in [0.4, 0.5) is 0 Å². The lowest BCUT2D eigenvalue weighted by Gasteiger charge is -2.19.